The lowest BCUT2D eigenvalue weighted by molar-refractivity contribution is 0.324. The Kier molecular flexibility index (Phi) is 4.02. The van der Waals surface area contributed by atoms with Crippen molar-refractivity contribution in [2.45, 2.75) is 13.5 Å². The van der Waals surface area contributed by atoms with E-state index in [-0.39, 0.29) is 5.69 Å². The lowest BCUT2D eigenvalue weighted by atomic mass is 10.1. The summed E-state index contributed by atoms with van der Waals surface area (Å²) in [5.41, 5.74) is 3.89. The fraction of sp³-hybridized carbons (Fsp3) is 0.263. The molecule has 0 aliphatic carbocycles. The third-order valence-electron chi connectivity index (χ3n) is 4.63. The summed E-state index contributed by atoms with van der Waals surface area (Å²) in [4.78, 5) is 22.9. The Morgan fingerprint density at radius 2 is 1.67 bits per heavy atom. The molecule has 0 bridgehead atoms. The molecular weight excluding hydrogens is 348 g/mol. The number of imidazole rings is 2. The normalized spacial score (nSPS) is 11.3. The summed E-state index contributed by atoms with van der Waals surface area (Å²) in [5.74, 6) is 2.31. The third-order valence-corrected chi connectivity index (χ3v) is 4.63. The van der Waals surface area contributed by atoms with Crippen LogP contribution in [-0.2, 0) is 6.54 Å². The lowest BCUT2D eigenvalue weighted by Gasteiger charge is -2.13. The Hall–Kier alpha value is -3.42. The van der Waals surface area contributed by atoms with Crippen LogP contribution in [0, 0.1) is 0 Å². The number of aromatic nitrogens is 4. The van der Waals surface area contributed by atoms with Crippen molar-refractivity contribution in [3.8, 4) is 28.6 Å². The predicted molar refractivity (Wildman–Crippen MR) is 103 cm³/mol. The van der Waals surface area contributed by atoms with Crippen LogP contribution in [-0.4, -0.2) is 40.8 Å². The van der Waals surface area contributed by atoms with Crippen molar-refractivity contribution in [1.82, 2.24) is 19.5 Å². The van der Waals surface area contributed by atoms with Gasteiger partial charge in [-0.2, -0.15) is 0 Å². The summed E-state index contributed by atoms with van der Waals surface area (Å²) >= 11 is 0. The van der Waals surface area contributed by atoms with Crippen LogP contribution >= 0.6 is 0 Å². The van der Waals surface area contributed by atoms with Gasteiger partial charge in [0, 0.05) is 12.1 Å². The average Bonchev–Trinajstić information content (AvgIpc) is 3.23. The molecule has 0 saturated carbocycles. The Balaban J connectivity index is 1.90. The molecule has 0 unspecified atom stereocenters. The Morgan fingerprint density at radius 1 is 0.963 bits per heavy atom. The summed E-state index contributed by atoms with van der Waals surface area (Å²) < 4.78 is 17.9. The molecule has 0 spiro atoms. The van der Waals surface area contributed by atoms with Gasteiger partial charge in [0.2, 0.25) is 5.75 Å². The summed E-state index contributed by atoms with van der Waals surface area (Å²) in [6.07, 6.45) is 0. The number of hydrogen-bond acceptors (Lipinski definition) is 5. The van der Waals surface area contributed by atoms with Crippen molar-refractivity contribution in [3.63, 3.8) is 0 Å². The number of nitrogens with zero attached hydrogens (tertiary/aromatic N) is 2. The van der Waals surface area contributed by atoms with E-state index in [0.29, 0.717) is 29.6 Å². The SMILES string of the molecule is CCn1c(=O)[nH]c2cc3[nH]c(-c4cc(OC)c(OC)c(OC)c4)nc3cc21. The average molecular weight is 368 g/mol. The van der Waals surface area contributed by atoms with Gasteiger partial charge in [-0.3, -0.25) is 4.57 Å². The second-order valence-electron chi connectivity index (χ2n) is 6.06. The molecule has 8 heteroatoms. The summed E-state index contributed by atoms with van der Waals surface area (Å²) in [5, 5.41) is 0. The molecule has 4 aromatic rings. The number of hydrogen-bond donors (Lipinski definition) is 2. The third kappa shape index (κ3) is 2.61. The Bertz CT molecular complexity index is 1180. The van der Waals surface area contributed by atoms with E-state index >= 15 is 0 Å². The molecule has 2 aromatic heterocycles. The first kappa shape index (κ1) is 17.0. The zero-order valence-corrected chi connectivity index (χ0v) is 15.5. The molecular formula is C19H20N4O4. The van der Waals surface area contributed by atoms with Crippen LogP contribution in [0.15, 0.2) is 29.1 Å². The number of H-pyrrole nitrogens is 2. The number of aromatic amines is 2. The number of benzene rings is 2. The highest BCUT2D eigenvalue weighted by atomic mass is 16.5. The number of nitrogens with one attached hydrogen (secondary N) is 2. The second kappa shape index (κ2) is 6.39. The molecule has 0 aliphatic rings. The zero-order valence-electron chi connectivity index (χ0n) is 15.5. The van der Waals surface area contributed by atoms with Gasteiger partial charge >= 0.3 is 5.69 Å². The van der Waals surface area contributed by atoms with Gasteiger partial charge in [-0.1, -0.05) is 0 Å². The van der Waals surface area contributed by atoms with E-state index < -0.39 is 0 Å². The number of methoxy groups -OCH3 is 3. The molecule has 2 heterocycles. The monoisotopic (exact) mass is 368 g/mol. The van der Waals surface area contributed by atoms with Crippen LogP contribution < -0.4 is 19.9 Å². The van der Waals surface area contributed by atoms with Crippen LogP contribution in [0.2, 0.25) is 0 Å². The molecule has 0 aliphatic heterocycles. The lowest BCUT2D eigenvalue weighted by Crippen LogP contribution is -2.14. The number of aryl methyl sites for hydroxylation is 1. The molecule has 140 valence electrons. The van der Waals surface area contributed by atoms with Crippen molar-refractivity contribution in [2.75, 3.05) is 21.3 Å². The summed E-state index contributed by atoms with van der Waals surface area (Å²) in [6, 6.07) is 7.48. The van der Waals surface area contributed by atoms with E-state index in [9.17, 15) is 4.79 Å². The minimum Gasteiger partial charge on any atom is -0.493 e. The van der Waals surface area contributed by atoms with Gasteiger partial charge in [-0.05, 0) is 31.2 Å². The van der Waals surface area contributed by atoms with Crippen LogP contribution in [0.4, 0.5) is 0 Å². The van der Waals surface area contributed by atoms with Crippen LogP contribution in [0.5, 0.6) is 17.2 Å². The minimum absolute atomic E-state index is 0.120. The maximum absolute atomic E-state index is 12.0. The van der Waals surface area contributed by atoms with Crippen LogP contribution in [0.1, 0.15) is 6.92 Å². The summed E-state index contributed by atoms with van der Waals surface area (Å²) in [6.45, 7) is 2.53. The highest BCUT2D eigenvalue weighted by molar-refractivity contribution is 5.93. The molecule has 8 nitrogen and oxygen atoms in total. The van der Waals surface area contributed by atoms with E-state index in [1.807, 2.05) is 31.2 Å². The van der Waals surface area contributed by atoms with E-state index in [4.69, 9.17) is 14.2 Å². The number of ether oxygens (including phenoxy) is 3. The zero-order chi connectivity index (χ0) is 19.1. The molecule has 2 N–H and O–H groups in total. The Labute approximate surface area is 154 Å². The van der Waals surface area contributed by atoms with Crippen molar-refractivity contribution in [3.05, 3.63) is 34.7 Å². The van der Waals surface area contributed by atoms with Gasteiger partial charge in [-0.25, -0.2) is 9.78 Å². The number of fused-ring (bicyclic) bond motifs is 2. The van der Waals surface area contributed by atoms with Crippen LogP contribution in [0.3, 0.4) is 0 Å². The van der Waals surface area contributed by atoms with Crippen molar-refractivity contribution in [2.24, 2.45) is 0 Å². The van der Waals surface area contributed by atoms with Crippen molar-refractivity contribution >= 4 is 22.1 Å². The largest absolute Gasteiger partial charge is 0.493 e. The maximum Gasteiger partial charge on any atom is 0.326 e. The molecule has 0 amide bonds. The quantitative estimate of drug-likeness (QED) is 0.565. The molecule has 0 atom stereocenters. The second-order valence-corrected chi connectivity index (χ2v) is 6.06. The van der Waals surface area contributed by atoms with Gasteiger partial charge in [0.05, 0.1) is 43.4 Å². The minimum atomic E-state index is -0.120. The van der Waals surface area contributed by atoms with Gasteiger partial charge in [0.25, 0.3) is 0 Å². The van der Waals surface area contributed by atoms with Crippen molar-refractivity contribution in [1.29, 1.82) is 0 Å². The standard InChI is InChI=1S/C19H20N4O4/c1-5-23-14-9-12-11(8-13(14)22-19(23)24)20-18(21-12)10-6-15(25-2)17(27-4)16(7-10)26-3/h6-9H,5H2,1-4H3,(H,20,21)(H,22,24). The molecule has 2 aromatic carbocycles. The fourth-order valence-electron chi connectivity index (χ4n) is 3.33. The van der Waals surface area contributed by atoms with E-state index in [1.54, 1.807) is 25.9 Å². The molecule has 27 heavy (non-hydrogen) atoms. The van der Waals surface area contributed by atoms with E-state index in [0.717, 1.165) is 27.6 Å². The van der Waals surface area contributed by atoms with Gasteiger partial charge < -0.3 is 24.2 Å². The molecule has 0 fully saturated rings. The summed E-state index contributed by atoms with van der Waals surface area (Å²) in [7, 11) is 4.72. The van der Waals surface area contributed by atoms with Gasteiger partial charge in [-0.15, -0.1) is 0 Å². The maximum atomic E-state index is 12.0. The first-order chi connectivity index (χ1) is 13.1. The highest BCUT2D eigenvalue weighted by Crippen LogP contribution is 2.41. The first-order valence-corrected chi connectivity index (χ1v) is 8.52. The fourth-order valence-corrected chi connectivity index (χ4v) is 3.33. The smallest absolute Gasteiger partial charge is 0.326 e. The topological polar surface area (TPSA) is 94.2 Å². The van der Waals surface area contributed by atoms with E-state index in [2.05, 4.69) is 15.0 Å². The highest BCUT2D eigenvalue weighted by Gasteiger charge is 2.17. The first-order valence-electron chi connectivity index (χ1n) is 8.52. The van der Waals surface area contributed by atoms with Crippen molar-refractivity contribution < 1.29 is 14.2 Å². The van der Waals surface area contributed by atoms with Gasteiger partial charge in [0.15, 0.2) is 11.5 Å². The predicted octanol–water partition coefficient (Wildman–Crippen LogP) is 2.92. The molecule has 4 rings (SSSR count). The number of rotatable bonds is 5. The molecule has 0 radical (unpaired) electrons. The van der Waals surface area contributed by atoms with E-state index in [1.165, 1.54) is 0 Å². The Morgan fingerprint density at radius 3 is 2.26 bits per heavy atom. The van der Waals surface area contributed by atoms with Crippen LogP contribution in [0.25, 0.3) is 33.5 Å². The molecule has 0 saturated heterocycles. The van der Waals surface area contributed by atoms with Gasteiger partial charge in [0.1, 0.15) is 5.82 Å².